The van der Waals surface area contributed by atoms with E-state index in [2.05, 4.69) is 80.4 Å². The molecule has 2 aromatic carbocycles. The first-order chi connectivity index (χ1) is 22.2. The number of aromatic nitrogens is 4. The van der Waals surface area contributed by atoms with Crippen molar-refractivity contribution in [1.29, 1.82) is 0 Å². The van der Waals surface area contributed by atoms with Crippen LogP contribution >= 0.6 is 15.9 Å². The molecule has 15 heteroatoms. The van der Waals surface area contributed by atoms with Crippen molar-refractivity contribution < 1.29 is 13.2 Å². The van der Waals surface area contributed by atoms with Gasteiger partial charge in [-0.15, -0.1) is 0 Å². The smallest absolute Gasteiger partial charge is 0.229 e. The molecule has 0 radical (unpaired) electrons. The lowest BCUT2D eigenvalue weighted by atomic mass is 9.99. The SMILES string of the molecule is CCc1cc(Nc2ncc(Br)c(Nc3ccc4nccnc4c3NS(C)(=O)=O)n2)c(OC)cc1N1CCC(N2CCNCC2)CC1. The van der Waals surface area contributed by atoms with Crippen molar-refractivity contribution in [3.8, 4) is 5.75 Å². The van der Waals surface area contributed by atoms with E-state index in [-0.39, 0.29) is 5.69 Å². The van der Waals surface area contributed by atoms with Crippen LogP contribution in [0.1, 0.15) is 25.3 Å². The largest absolute Gasteiger partial charge is 0.494 e. The monoisotopic (exact) mass is 710 g/mol. The number of hydrogen-bond acceptors (Lipinski definition) is 12. The first-order valence-electron chi connectivity index (χ1n) is 15.4. The van der Waals surface area contributed by atoms with E-state index in [0.29, 0.717) is 44.8 Å². The minimum Gasteiger partial charge on any atom is -0.494 e. The average molecular weight is 712 g/mol. The van der Waals surface area contributed by atoms with Crippen molar-refractivity contribution in [2.75, 3.05) is 72.9 Å². The number of rotatable bonds is 10. The molecule has 2 aliphatic heterocycles. The number of halogens is 1. The third-order valence-corrected chi connectivity index (χ3v) is 9.58. The Morgan fingerprint density at radius 3 is 2.50 bits per heavy atom. The summed E-state index contributed by atoms with van der Waals surface area (Å²) in [6, 6.07) is 8.37. The number of nitrogens with zero attached hydrogens (tertiary/aromatic N) is 6. The Morgan fingerprint density at radius 1 is 1.02 bits per heavy atom. The molecule has 4 aromatic rings. The molecular formula is C31H39BrN10O3S. The number of sulfonamides is 1. The van der Waals surface area contributed by atoms with Crippen LogP contribution < -0.4 is 30.3 Å². The van der Waals surface area contributed by atoms with Gasteiger partial charge in [0.05, 0.1) is 40.4 Å². The van der Waals surface area contributed by atoms with E-state index in [0.717, 1.165) is 70.5 Å². The van der Waals surface area contributed by atoms with Gasteiger partial charge in [0.25, 0.3) is 0 Å². The van der Waals surface area contributed by atoms with Crippen molar-refractivity contribution in [2.45, 2.75) is 32.2 Å². The maximum absolute atomic E-state index is 12.2. The zero-order chi connectivity index (χ0) is 32.3. The molecule has 2 saturated heterocycles. The summed E-state index contributed by atoms with van der Waals surface area (Å²) < 4.78 is 33.5. The van der Waals surface area contributed by atoms with Crippen molar-refractivity contribution in [2.24, 2.45) is 0 Å². The van der Waals surface area contributed by atoms with Gasteiger partial charge in [0.15, 0.2) is 0 Å². The Kier molecular flexibility index (Phi) is 9.73. The summed E-state index contributed by atoms with van der Waals surface area (Å²) in [5, 5.41) is 10.0. The molecule has 4 heterocycles. The molecule has 0 amide bonds. The highest BCUT2D eigenvalue weighted by Crippen LogP contribution is 2.38. The zero-order valence-corrected chi connectivity index (χ0v) is 28.6. The summed E-state index contributed by atoms with van der Waals surface area (Å²) in [4.78, 5) is 23.0. The van der Waals surface area contributed by atoms with Gasteiger partial charge in [-0.3, -0.25) is 19.6 Å². The second kappa shape index (κ2) is 13.9. The molecule has 46 heavy (non-hydrogen) atoms. The van der Waals surface area contributed by atoms with Crippen LogP contribution in [0.25, 0.3) is 11.0 Å². The highest BCUT2D eigenvalue weighted by molar-refractivity contribution is 9.10. The lowest BCUT2D eigenvalue weighted by Crippen LogP contribution is -2.52. The number of methoxy groups -OCH3 is 1. The van der Waals surface area contributed by atoms with Crippen LogP contribution in [0.5, 0.6) is 5.75 Å². The second-order valence-corrected chi connectivity index (χ2v) is 14.1. The van der Waals surface area contributed by atoms with E-state index in [1.54, 1.807) is 31.6 Å². The fourth-order valence-electron chi connectivity index (χ4n) is 6.17. The fourth-order valence-corrected chi connectivity index (χ4v) is 7.04. The molecule has 2 fully saturated rings. The highest BCUT2D eigenvalue weighted by Gasteiger charge is 2.27. The van der Waals surface area contributed by atoms with Crippen molar-refractivity contribution in [3.63, 3.8) is 0 Å². The molecule has 0 unspecified atom stereocenters. The normalized spacial score (nSPS) is 16.4. The van der Waals surface area contributed by atoms with E-state index < -0.39 is 10.0 Å². The van der Waals surface area contributed by atoms with Crippen LogP contribution in [-0.2, 0) is 16.4 Å². The lowest BCUT2D eigenvalue weighted by Gasteiger charge is -2.41. The van der Waals surface area contributed by atoms with Crippen LogP contribution in [-0.4, -0.2) is 91.9 Å². The highest BCUT2D eigenvalue weighted by atomic mass is 79.9. The van der Waals surface area contributed by atoms with Gasteiger partial charge in [-0.2, -0.15) is 4.98 Å². The maximum atomic E-state index is 12.2. The van der Waals surface area contributed by atoms with Gasteiger partial charge in [0.2, 0.25) is 16.0 Å². The molecule has 2 aliphatic rings. The number of piperidine rings is 1. The van der Waals surface area contributed by atoms with Crippen molar-refractivity contribution in [3.05, 3.63) is 52.9 Å². The lowest BCUT2D eigenvalue weighted by molar-refractivity contribution is 0.150. The fraction of sp³-hybridized carbons (Fsp3) is 0.419. The predicted molar refractivity (Wildman–Crippen MR) is 186 cm³/mol. The molecule has 0 aliphatic carbocycles. The summed E-state index contributed by atoms with van der Waals surface area (Å²) in [6.07, 6.45) is 8.96. The number of hydrogen-bond donors (Lipinski definition) is 4. The second-order valence-electron chi connectivity index (χ2n) is 11.5. The van der Waals surface area contributed by atoms with Gasteiger partial charge < -0.3 is 25.6 Å². The Morgan fingerprint density at radius 2 is 1.78 bits per heavy atom. The number of fused-ring (bicyclic) bond motifs is 1. The summed E-state index contributed by atoms with van der Waals surface area (Å²) in [6.45, 7) is 8.60. The number of ether oxygens (including phenoxy) is 1. The van der Waals surface area contributed by atoms with Gasteiger partial charge >= 0.3 is 0 Å². The van der Waals surface area contributed by atoms with Crippen LogP contribution in [0.15, 0.2) is 47.3 Å². The first kappa shape index (κ1) is 32.2. The summed E-state index contributed by atoms with van der Waals surface area (Å²) in [5.74, 6) is 1.47. The Bertz CT molecular complexity index is 1810. The number of anilines is 6. The molecule has 2 aromatic heterocycles. The third kappa shape index (κ3) is 7.27. The Balaban J connectivity index is 1.24. The molecule has 0 atom stereocenters. The number of aryl methyl sites for hydroxylation is 1. The van der Waals surface area contributed by atoms with E-state index in [1.165, 1.54) is 17.4 Å². The quantitative estimate of drug-likeness (QED) is 0.184. The number of nitrogens with one attached hydrogen (secondary N) is 4. The number of piperazine rings is 1. The van der Waals surface area contributed by atoms with Crippen molar-refractivity contribution >= 4 is 71.5 Å². The van der Waals surface area contributed by atoms with Crippen LogP contribution in [0, 0.1) is 0 Å². The Labute approximate surface area is 277 Å². The predicted octanol–water partition coefficient (Wildman–Crippen LogP) is 4.49. The summed E-state index contributed by atoms with van der Waals surface area (Å²) in [7, 11) is -1.95. The molecule has 13 nitrogen and oxygen atoms in total. The van der Waals surface area contributed by atoms with Gasteiger partial charge in [0.1, 0.15) is 17.1 Å². The average Bonchev–Trinajstić information content (AvgIpc) is 3.07. The third-order valence-electron chi connectivity index (χ3n) is 8.43. The molecule has 0 saturated carbocycles. The summed E-state index contributed by atoms with van der Waals surface area (Å²) in [5.41, 5.74) is 4.87. The standard InChI is InChI=1S/C31H39BrN10O3S/c1-4-20-17-25(27(45-2)18-26(20)42-13-7-21(8-14-42)41-15-11-33-12-16-41)38-31-36-19-22(32)30(39-31)37-24-6-5-23-28(35-10-9-34-23)29(24)40-46(3,43)44/h5-6,9-10,17-19,21,33,40H,4,7-8,11-16H2,1-3H3,(H2,36,37,38,39). The van der Waals surface area contributed by atoms with Crippen LogP contribution in [0.3, 0.4) is 0 Å². The van der Waals surface area contributed by atoms with E-state index in [1.807, 2.05) is 0 Å². The number of benzene rings is 2. The van der Waals surface area contributed by atoms with Crippen LogP contribution in [0.2, 0.25) is 0 Å². The molecule has 0 spiro atoms. The molecular weight excluding hydrogens is 672 g/mol. The van der Waals surface area contributed by atoms with Crippen molar-refractivity contribution in [1.82, 2.24) is 30.2 Å². The van der Waals surface area contributed by atoms with Crippen LogP contribution in [0.4, 0.5) is 34.5 Å². The molecule has 4 N–H and O–H groups in total. The van der Waals surface area contributed by atoms with Gasteiger partial charge in [-0.25, -0.2) is 13.4 Å². The zero-order valence-electron chi connectivity index (χ0n) is 26.2. The topological polar surface area (TPSA) is 150 Å². The molecule has 6 rings (SSSR count). The molecule has 0 bridgehead atoms. The minimum atomic E-state index is -3.61. The van der Waals surface area contributed by atoms with Gasteiger partial charge in [-0.05, 0) is 59.0 Å². The Hall–Kier alpha value is -3.79. The van der Waals surface area contributed by atoms with E-state index in [4.69, 9.17) is 9.72 Å². The first-order valence-corrected chi connectivity index (χ1v) is 18.1. The van der Waals surface area contributed by atoms with Gasteiger partial charge in [-0.1, -0.05) is 6.92 Å². The van der Waals surface area contributed by atoms with Gasteiger partial charge in [0, 0.05) is 75.7 Å². The van der Waals surface area contributed by atoms with E-state index in [9.17, 15) is 8.42 Å². The summed E-state index contributed by atoms with van der Waals surface area (Å²) >= 11 is 3.52. The molecule has 244 valence electrons. The van der Waals surface area contributed by atoms with E-state index >= 15 is 0 Å². The maximum Gasteiger partial charge on any atom is 0.229 e. The minimum absolute atomic E-state index is 0.273.